The number of benzene rings is 4. The van der Waals surface area contributed by atoms with E-state index in [2.05, 4.69) is 25.3 Å². The number of hydrogen-bond donors (Lipinski definition) is 1. The average Bonchev–Trinajstić information content (AvgIpc) is 3.49. The van der Waals surface area contributed by atoms with Gasteiger partial charge in [-0.3, -0.25) is 5.43 Å². The standard InChI is InChI=1S/C32H25F5N6OS/c1-20-4-3-5-21(2)29(20)40-31(45-18-24-10-11-25(33)16-28(24)34)41-39-17-22-6-8-23(9-7-22)30-38-19-43(42-30)26-12-14-27(15-13-26)44-32(35,36)37/h3-17,19H,18H2,1-2H3,(H,40,41)/b39-17-. The number of thioether (sulfide) groups is 1. The minimum atomic E-state index is -4.77. The minimum Gasteiger partial charge on any atom is -0.406 e. The van der Waals surface area contributed by atoms with Crippen molar-refractivity contribution in [1.29, 1.82) is 0 Å². The van der Waals surface area contributed by atoms with E-state index in [4.69, 9.17) is 4.99 Å². The Labute approximate surface area is 259 Å². The highest BCUT2D eigenvalue weighted by Gasteiger charge is 2.31. The summed E-state index contributed by atoms with van der Waals surface area (Å²) in [7, 11) is 0. The van der Waals surface area contributed by atoms with E-state index in [-0.39, 0.29) is 11.5 Å². The van der Waals surface area contributed by atoms with Gasteiger partial charge in [-0.15, -0.1) is 18.3 Å². The van der Waals surface area contributed by atoms with Crippen LogP contribution in [0, 0.1) is 25.5 Å². The Morgan fingerprint density at radius 2 is 1.67 bits per heavy atom. The number of hydrogen-bond acceptors (Lipinski definition) is 6. The molecule has 1 heterocycles. The fourth-order valence-corrected chi connectivity index (χ4v) is 4.96. The summed E-state index contributed by atoms with van der Waals surface area (Å²) in [5, 5.41) is 9.16. The summed E-state index contributed by atoms with van der Waals surface area (Å²) in [4.78, 5) is 9.03. The van der Waals surface area contributed by atoms with Gasteiger partial charge in [-0.05, 0) is 66.4 Å². The number of aromatic nitrogens is 3. The van der Waals surface area contributed by atoms with Crippen LogP contribution in [0.4, 0.5) is 27.6 Å². The fourth-order valence-electron chi connectivity index (χ4n) is 4.16. The molecular weight excluding hydrogens is 611 g/mol. The topological polar surface area (TPSA) is 76.7 Å². The maximum atomic E-state index is 14.2. The zero-order valence-electron chi connectivity index (χ0n) is 23.9. The number of nitrogens with zero attached hydrogens (tertiary/aromatic N) is 5. The van der Waals surface area contributed by atoms with Crippen LogP contribution < -0.4 is 10.2 Å². The average molecular weight is 637 g/mol. The van der Waals surface area contributed by atoms with Gasteiger partial charge in [-0.1, -0.05) is 60.3 Å². The lowest BCUT2D eigenvalue weighted by atomic mass is 10.1. The first-order valence-electron chi connectivity index (χ1n) is 13.4. The van der Waals surface area contributed by atoms with Gasteiger partial charge in [0.05, 0.1) is 17.6 Å². The lowest BCUT2D eigenvalue weighted by Gasteiger charge is -2.10. The molecule has 230 valence electrons. The van der Waals surface area contributed by atoms with Crippen molar-refractivity contribution in [3.63, 3.8) is 0 Å². The lowest BCUT2D eigenvalue weighted by molar-refractivity contribution is -0.274. The van der Waals surface area contributed by atoms with E-state index in [1.165, 1.54) is 59.2 Å². The van der Waals surface area contributed by atoms with Gasteiger partial charge in [-0.25, -0.2) is 23.4 Å². The van der Waals surface area contributed by atoms with Crippen molar-refractivity contribution in [3.8, 4) is 22.8 Å². The monoisotopic (exact) mass is 636 g/mol. The van der Waals surface area contributed by atoms with Crippen LogP contribution >= 0.6 is 11.8 Å². The van der Waals surface area contributed by atoms with Gasteiger partial charge in [-0.2, -0.15) is 5.10 Å². The second-order valence-corrected chi connectivity index (χ2v) is 10.7. The van der Waals surface area contributed by atoms with E-state index >= 15 is 0 Å². The van der Waals surface area contributed by atoms with Crippen molar-refractivity contribution in [2.24, 2.45) is 10.1 Å². The molecule has 5 aromatic rings. The van der Waals surface area contributed by atoms with Crippen LogP contribution in [-0.4, -0.2) is 32.5 Å². The van der Waals surface area contributed by atoms with Crippen molar-refractivity contribution in [2.75, 3.05) is 0 Å². The third kappa shape index (κ3) is 8.54. The van der Waals surface area contributed by atoms with E-state index < -0.39 is 18.0 Å². The smallest absolute Gasteiger partial charge is 0.406 e. The molecule has 0 atom stereocenters. The quantitative estimate of drug-likeness (QED) is 0.0803. The molecule has 0 unspecified atom stereocenters. The van der Waals surface area contributed by atoms with Crippen molar-refractivity contribution < 1.29 is 26.7 Å². The fraction of sp³-hybridized carbons (Fsp3) is 0.125. The first-order valence-corrected chi connectivity index (χ1v) is 14.4. The van der Waals surface area contributed by atoms with Crippen molar-refractivity contribution in [2.45, 2.75) is 26.0 Å². The van der Waals surface area contributed by atoms with Crippen LogP contribution in [0.1, 0.15) is 22.3 Å². The molecule has 7 nitrogen and oxygen atoms in total. The molecule has 0 fully saturated rings. The number of nitrogens with one attached hydrogen (secondary N) is 1. The first kappa shape index (κ1) is 31.4. The summed E-state index contributed by atoms with van der Waals surface area (Å²) in [5.74, 6) is -0.984. The van der Waals surface area contributed by atoms with Gasteiger partial charge in [0.15, 0.2) is 11.0 Å². The number of hydrazone groups is 1. The molecule has 1 N–H and O–H groups in total. The largest absolute Gasteiger partial charge is 0.573 e. The molecule has 0 spiro atoms. The van der Waals surface area contributed by atoms with E-state index in [9.17, 15) is 22.0 Å². The Bertz CT molecular complexity index is 1820. The summed E-state index contributed by atoms with van der Waals surface area (Å²) in [6, 6.07) is 21.8. The molecule has 0 amide bonds. The highest BCUT2D eigenvalue weighted by molar-refractivity contribution is 8.13. The number of aryl methyl sites for hydroxylation is 2. The molecule has 45 heavy (non-hydrogen) atoms. The zero-order chi connectivity index (χ0) is 32.0. The van der Waals surface area contributed by atoms with E-state index in [1.54, 1.807) is 18.3 Å². The maximum absolute atomic E-state index is 14.2. The predicted molar refractivity (Wildman–Crippen MR) is 165 cm³/mol. The second kappa shape index (κ2) is 13.7. The number of alkyl halides is 3. The van der Waals surface area contributed by atoms with Gasteiger partial charge in [0, 0.05) is 17.4 Å². The van der Waals surface area contributed by atoms with Crippen LogP contribution in [-0.2, 0) is 5.75 Å². The third-order valence-electron chi connectivity index (χ3n) is 6.40. The zero-order valence-corrected chi connectivity index (χ0v) is 24.7. The summed E-state index contributed by atoms with van der Waals surface area (Å²) < 4.78 is 70.2. The molecule has 0 bridgehead atoms. The Kier molecular flexibility index (Phi) is 9.57. The lowest BCUT2D eigenvalue weighted by Crippen LogP contribution is -2.17. The number of halogens is 5. The van der Waals surface area contributed by atoms with Crippen LogP contribution in [0.2, 0.25) is 0 Å². The van der Waals surface area contributed by atoms with Crippen molar-refractivity contribution >= 4 is 28.8 Å². The Balaban J connectivity index is 1.27. The molecule has 0 aliphatic carbocycles. The van der Waals surface area contributed by atoms with Crippen LogP contribution in [0.25, 0.3) is 17.1 Å². The first-order chi connectivity index (χ1) is 21.5. The third-order valence-corrected chi connectivity index (χ3v) is 7.31. The Morgan fingerprint density at radius 1 is 0.956 bits per heavy atom. The van der Waals surface area contributed by atoms with Crippen LogP contribution in [0.3, 0.4) is 0 Å². The highest BCUT2D eigenvalue weighted by atomic mass is 32.2. The molecule has 5 rings (SSSR count). The number of ether oxygens (including phenoxy) is 1. The van der Waals surface area contributed by atoms with E-state index in [1.807, 2.05) is 44.2 Å². The molecule has 0 aliphatic rings. The van der Waals surface area contributed by atoms with Gasteiger partial charge in [0.2, 0.25) is 0 Å². The predicted octanol–water partition coefficient (Wildman–Crippen LogP) is 8.27. The SMILES string of the molecule is Cc1cccc(C)c1N=C(N/N=C\c1ccc(-c2ncn(-c3ccc(OC(F)(F)F)cc3)n2)cc1)SCc1ccc(F)cc1F. The van der Waals surface area contributed by atoms with Gasteiger partial charge in [0.25, 0.3) is 0 Å². The molecule has 0 saturated heterocycles. The Hall–Kier alpha value is -5.04. The summed E-state index contributed by atoms with van der Waals surface area (Å²) >= 11 is 1.23. The second-order valence-electron chi connectivity index (χ2n) is 9.73. The number of amidine groups is 1. The number of para-hydroxylation sites is 1. The number of aliphatic imine (C=N–C) groups is 1. The van der Waals surface area contributed by atoms with Crippen LogP contribution in [0.5, 0.6) is 5.75 Å². The summed E-state index contributed by atoms with van der Waals surface area (Å²) in [6.07, 6.45) is -1.71. The van der Waals surface area contributed by atoms with Gasteiger partial charge >= 0.3 is 6.36 Å². The van der Waals surface area contributed by atoms with E-state index in [0.717, 1.165) is 28.4 Å². The Morgan fingerprint density at radius 3 is 2.33 bits per heavy atom. The molecule has 4 aromatic carbocycles. The minimum absolute atomic E-state index is 0.207. The van der Waals surface area contributed by atoms with Gasteiger partial charge < -0.3 is 4.74 Å². The van der Waals surface area contributed by atoms with Crippen LogP contribution in [0.15, 0.2) is 101 Å². The van der Waals surface area contributed by atoms with Crippen molar-refractivity contribution in [3.05, 3.63) is 125 Å². The number of rotatable bonds is 8. The maximum Gasteiger partial charge on any atom is 0.573 e. The van der Waals surface area contributed by atoms with Gasteiger partial charge in [0.1, 0.15) is 23.7 Å². The highest BCUT2D eigenvalue weighted by Crippen LogP contribution is 2.27. The van der Waals surface area contributed by atoms with Crippen molar-refractivity contribution in [1.82, 2.24) is 20.2 Å². The molecule has 0 aliphatic heterocycles. The normalized spacial score (nSPS) is 12.1. The molecule has 0 radical (unpaired) electrons. The molecule has 0 saturated carbocycles. The molecular formula is C32H25F5N6OS. The molecule has 1 aromatic heterocycles. The van der Waals surface area contributed by atoms with E-state index in [0.29, 0.717) is 27.8 Å². The molecule has 13 heteroatoms. The summed E-state index contributed by atoms with van der Waals surface area (Å²) in [6.45, 7) is 3.89. The summed E-state index contributed by atoms with van der Waals surface area (Å²) in [5.41, 5.74) is 7.95.